The first-order chi connectivity index (χ1) is 8.34. The highest BCUT2D eigenvalue weighted by atomic mass is 19.4. The van der Waals surface area contributed by atoms with E-state index in [1.165, 1.54) is 4.90 Å². The first kappa shape index (κ1) is 12.6. The van der Waals surface area contributed by atoms with Crippen molar-refractivity contribution in [1.29, 1.82) is 5.26 Å². The van der Waals surface area contributed by atoms with Crippen LogP contribution < -0.4 is 4.90 Å². The van der Waals surface area contributed by atoms with Crippen molar-refractivity contribution in [2.75, 3.05) is 18.0 Å². The van der Waals surface area contributed by atoms with Gasteiger partial charge < -0.3 is 10.0 Å². The second kappa shape index (κ2) is 4.10. The molecule has 0 bridgehead atoms. The van der Waals surface area contributed by atoms with E-state index in [0.29, 0.717) is 0 Å². The third-order valence-corrected chi connectivity index (χ3v) is 2.59. The second-order valence-electron chi connectivity index (χ2n) is 4.15. The van der Waals surface area contributed by atoms with Crippen LogP contribution in [0.2, 0.25) is 0 Å². The van der Waals surface area contributed by atoms with Crippen molar-refractivity contribution < 1.29 is 18.3 Å². The monoisotopic (exact) mass is 258 g/mol. The van der Waals surface area contributed by atoms with Crippen molar-refractivity contribution in [2.24, 2.45) is 0 Å². The van der Waals surface area contributed by atoms with Gasteiger partial charge in [-0.2, -0.15) is 18.4 Å². The smallest absolute Gasteiger partial charge is 0.385 e. The highest BCUT2D eigenvalue weighted by Gasteiger charge is 2.43. The van der Waals surface area contributed by atoms with Crippen molar-refractivity contribution in [2.45, 2.75) is 18.2 Å². The minimum Gasteiger partial charge on any atom is -0.385 e. The van der Waals surface area contributed by atoms with Crippen molar-refractivity contribution in [3.05, 3.63) is 18.0 Å². The Morgan fingerprint density at radius 2 is 2.17 bits per heavy atom. The maximum atomic E-state index is 12.4. The van der Waals surface area contributed by atoms with E-state index < -0.39 is 17.5 Å². The van der Waals surface area contributed by atoms with Crippen LogP contribution in [0.1, 0.15) is 12.1 Å². The van der Waals surface area contributed by atoms with E-state index in [1.54, 1.807) is 0 Å². The van der Waals surface area contributed by atoms with Crippen LogP contribution in [0.4, 0.5) is 19.1 Å². The fourth-order valence-corrected chi connectivity index (χ4v) is 1.72. The molecule has 1 aliphatic rings. The van der Waals surface area contributed by atoms with Crippen LogP contribution in [0, 0.1) is 11.3 Å². The Bertz CT molecular complexity index is 491. The quantitative estimate of drug-likeness (QED) is 0.855. The molecule has 8 heteroatoms. The zero-order chi connectivity index (χ0) is 13.4. The van der Waals surface area contributed by atoms with Crippen molar-refractivity contribution >= 4 is 5.95 Å². The van der Waals surface area contributed by atoms with Crippen LogP contribution in [0.3, 0.4) is 0 Å². The number of β-amino-alcohol motifs (C(OH)–C–C–N with tert-alkyl or cyclic N) is 1. The van der Waals surface area contributed by atoms with E-state index in [4.69, 9.17) is 5.26 Å². The molecule has 1 aliphatic heterocycles. The number of nitriles is 1. The van der Waals surface area contributed by atoms with Gasteiger partial charge in [0.1, 0.15) is 11.3 Å². The molecule has 0 aromatic carbocycles. The molecule has 0 unspecified atom stereocenters. The molecule has 0 radical (unpaired) electrons. The van der Waals surface area contributed by atoms with Crippen LogP contribution in [-0.2, 0) is 6.18 Å². The van der Waals surface area contributed by atoms with E-state index in [9.17, 15) is 18.3 Å². The zero-order valence-electron chi connectivity index (χ0n) is 9.15. The van der Waals surface area contributed by atoms with Crippen molar-refractivity contribution in [1.82, 2.24) is 9.97 Å². The molecule has 0 atom stereocenters. The average Bonchev–Trinajstić information content (AvgIpc) is 2.25. The normalized spacial score (nSPS) is 18.1. The highest BCUT2D eigenvalue weighted by molar-refractivity contribution is 5.38. The Hall–Kier alpha value is -1.88. The van der Waals surface area contributed by atoms with E-state index >= 15 is 0 Å². The zero-order valence-corrected chi connectivity index (χ0v) is 9.15. The summed E-state index contributed by atoms with van der Waals surface area (Å²) in [4.78, 5) is 8.50. The van der Waals surface area contributed by atoms with Gasteiger partial charge in [0, 0.05) is 6.20 Å². The standard InChI is InChI=1S/C10H9F3N4O/c11-10(12,13)7-1-4-15-8(16-7)17-5-9(18,6-17)2-3-14/h1,4,18H,2,5-6H2. The molecule has 1 aromatic rings. The molecule has 96 valence electrons. The second-order valence-corrected chi connectivity index (χ2v) is 4.15. The summed E-state index contributed by atoms with van der Waals surface area (Å²) in [6.45, 7) is 0.115. The van der Waals surface area contributed by atoms with Gasteiger partial charge in [-0.3, -0.25) is 0 Å². The third kappa shape index (κ3) is 2.36. The van der Waals surface area contributed by atoms with Crippen LogP contribution in [0.25, 0.3) is 0 Å². The first-order valence-electron chi connectivity index (χ1n) is 5.09. The molecule has 1 aromatic heterocycles. The van der Waals surface area contributed by atoms with Gasteiger partial charge in [0.25, 0.3) is 0 Å². The van der Waals surface area contributed by atoms with E-state index in [-0.39, 0.29) is 25.5 Å². The summed E-state index contributed by atoms with van der Waals surface area (Å²) in [7, 11) is 0. The predicted octanol–water partition coefficient (Wildman–Crippen LogP) is 0.960. The third-order valence-electron chi connectivity index (χ3n) is 2.59. The predicted molar refractivity (Wildman–Crippen MR) is 54.4 cm³/mol. The van der Waals surface area contributed by atoms with E-state index in [1.807, 2.05) is 6.07 Å². The largest absolute Gasteiger partial charge is 0.433 e. The maximum absolute atomic E-state index is 12.4. The topological polar surface area (TPSA) is 73.0 Å². The summed E-state index contributed by atoms with van der Waals surface area (Å²) in [5.74, 6) is -0.0903. The molecular formula is C10H9F3N4O. The Balaban J connectivity index is 2.11. The summed E-state index contributed by atoms with van der Waals surface area (Å²) < 4.78 is 37.3. The fraction of sp³-hybridized carbons (Fsp3) is 0.500. The van der Waals surface area contributed by atoms with Gasteiger partial charge in [-0.25, -0.2) is 9.97 Å². The highest BCUT2D eigenvalue weighted by Crippen LogP contribution is 2.31. The van der Waals surface area contributed by atoms with Crippen LogP contribution in [0.5, 0.6) is 0 Å². The summed E-state index contributed by atoms with van der Waals surface area (Å²) in [6.07, 6.45) is -3.57. The van der Waals surface area contributed by atoms with Gasteiger partial charge in [0.05, 0.1) is 25.6 Å². The summed E-state index contributed by atoms with van der Waals surface area (Å²) in [6, 6.07) is 2.60. The van der Waals surface area contributed by atoms with Gasteiger partial charge in [-0.15, -0.1) is 0 Å². The van der Waals surface area contributed by atoms with Crippen LogP contribution >= 0.6 is 0 Å². The molecule has 1 saturated heterocycles. The lowest BCUT2D eigenvalue weighted by Crippen LogP contribution is -2.62. The van der Waals surface area contributed by atoms with Crippen LogP contribution in [0.15, 0.2) is 12.3 Å². The van der Waals surface area contributed by atoms with Crippen molar-refractivity contribution in [3.8, 4) is 6.07 Å². The first-order valence-corrected chi connectivity index (χ1v) is 5.09. The fourth-order valence-electron chi connectivity index (χ4n) is 1.72. The Labute approximate surface area is 100 Å². The maximum Gasteiger partial charge on any atom is 0.433 e. The molecule has 5 nitrogen and oxygen atoms in total. The minimum absolute atomic E-state index is 0.0574. The lowest BCUT2D eigenvalue weighted by molar-refractivity contribution is -0.141. The molecular weight excluding hydrogens is 249 g/mol. The summed E-state index contributed by atoms with van der Waals surface area (Å²) in [5, 5.41) is 18.2. The lowest BCUT2D eigenvalue weighted by atomic mass is 9.91. The number of anilines is 1. The molecule has 0 saturated carbocycles. The number of nitrogens with zero attached hydrogens (tertiary/aromatic N) is 4. The Kier molecular flexibility index (Phi) is 2.86. The number of rotatable bonds is 2. The van der Waals surface area contributed by atoms with Gasteiger partial charge in [-0.1, -0.05) is 0 Å². The Morgan fingerprint density at radius 1 is 1.50 bits per heavy atom. The number of halogens is 3. The van der Waals surface area contributed by atoms with Gasteiger partial charge >= 0.3 is 6.18 Å². The summed E-state index contributed by atoms with van der Waals surface area (Å²) in [5.41, 5.74) is -2.20. The molecule has 2 heterocycles. The van der Waals surface area contributed by atoms with Gasteiger partial charge in [-0.05, 0) is 6.07 Å². The number of alkyl halides is 3. The molecule has 1 N–H and O–H groups in total. The number of aliphatic hydroxyl groups is 1. The SMILES string of the molecule is N#CCC1(O)CN(c2nccc(C(F)(F)F)n2)C1. The lowest BCUT2D eigenvalue weighted by Gasteiger charge is -2.45. The van der Waals surface area contributed by atoms with E-state index in [2.05, 4.69) is 9.97 Å². The number of hydrogen-bond donors (Lipinski definition) is 1. The van der Waals surface area contributed by atoms with E-state index in [0.717, 1.165) is 12.3 Å². The molecule has 1 fully saturated rings. The average molecular weight is 258 g/mol. The van der Waals surface area contributed by atoms with Crippen molar-refractivity contribution in [3.63, 3.8) is 0 Å². The number of aromatic nitrogens is 2. The number of hydrogen-bond acceptors (Lipinski definition) is 5. The molecule has 2 rings (SSSR count). The molecule has 0 aliphatic carbocycles. The van der Waals surface area contributed by atoms with Gasteiger partial charge in [0.2, 0.25) is 5.95 Å². The van der Waals surface area contributed by atoms with Gasteiger partial charge in [0.15, 0.2) is 0 Å². The summed E-state index contributed by atoms with van der Waals surface area (Å²) >= 11 is 0. The molecule has 0 amide bonds. The minimum atomic E-state index is -4.52. The Morgan fingerprint density at radius 3 is 2.72 bits per heavy atom. The van der Waals surface area contributed by atoms with Crippen LogP contribution in [-0.4, -0.2) is 33.8 Å². The molecule has 0 spiro atoms. The molecule has 18 heavy (non-hydrogen) atoms.